The number of alkyl halides is 3. The topological polar surface area (TPSA) is 53.1 Å². The van der Waals surface area contributed by atoms with E-state index in [1.54, 1.807) is 13.0 Å². The molecule has 0 aliphatic heterocycles. The molecule has 2 atom stereocenters. The van der Waals surface area contributed by atoms with Crippen molar-refractivity contribution < 1.29 is 17.6 Å². The van der Waals surface area contributed by atoms with E-state index in [1.165, 1.54) is 30.1 Å². The fraction of sp³-hybridized carbons (Fsp3) is 0.462. The Balaban J connectivity index is 2.87. The number of rotatable bonds is 5. The van der Waals surface area contributed by atoms with Gasteiger partial charge in [0.2, 0.25) is 0 Å². The molecule has 0 aliphatic rings. The molecule has 0 aromatic heterocycles. The Kier molecular flexibility index (Phi) is 5.10. The van der Waals surface area contributed by atoms with Gasteiger partial charge in [-0.15, -0.1) is 0 Å². The Labute approximate surface area is 114 Å². The molecule has 7 heteroatoms. The van der Waals surface area contributed by atoms with Crippen LogP contribution in [0.1, 0.15) is 18.5 Å². The Bertz CT molecular complexity index is 473. The van der Waals surface area contributed by atoms with Gasteiger partial charge in [-0.05, 0) is 20.0 Å². The average molecular weight is 291 g/mol. The van der Waals surface area contributed by atoms with Gasteiger partial charge in [0.15, 0.2) is 0 Å². The van der Waals surface area contributed by atoms with Crippen LogP contribution in [0, 0.1) is 17.1 Å². The minimum Gasteiger partial charge on any atom is -0.387 e. The van der Waals surface area contributed by atoms with E-state index in [9.17, 15) is 17.6 Å². The van der Waals surface area contributed by atoms with E-state index in [0.29, 0.717) is 5.56 Å². The summed E-state index contributed by atoms with van der Waals surface area (Å²) in [5, 5.41) is 7.05. The lowest BCUT2D eigenvalue weighted by Gasteiger charge is -2.30. The number of halogens is 4. The molecule has 0 amide bonds. The van der Waals surface area contributed by atoms with Crippen molar-refractivity contribution in [3.05, 3.63) is 35.6 Å². The molecule has 0 bridgehead atoms. The number of hydrogen-bond donors (Lipinski definition) is 2. The van der Waals surface area contributed by atoms with Crippen LogP contribution in [0.3, 0.4) is 0 Å². The highest BCUT2D eigenvalue weighted by atomic mass is 19.4. The monoisotopic (exact) mass is 291 g/mol. The SMILES string of the molecule is CC(c1ccccc1F)N(C)CC(C(=N)N)C(F)(F)F. The Hall–Kier alpha value is -1.63. The van der Waals surface area contributed by atoms with Crippen LogP contribution in [0.15, 0.2) is 24.3 Å². The maximum Gasteiger partial charge on any atom is 0.399 e. The van der Waals surface area contributed by atoms with Crippen molar-refractivity contribution in [2.24, 2.45) is 11.7 Å². The molecule has 0 saturated carbocycles. The van der Waals surface area contributed by atoms with Crippen LogP contribution >= 0.6 is 0 Å². The Morgan fingerprint density at radius 2 is 1.90 bits per heavy atom. The third-order valence-corrected chi connectivity index (χ3v) is 3.26. The number of nitrogens with one attached hydrogen (secondary N) is 1. The summed E-state index contributed by atoms with van der Waals surface area (Å²) >= 11 is 0. The lowest BCUT2D eigenvalue weighted by Crippen LogP contribution is -2.43. The minimum atomic E-state index is -4.59. The third-order valence-electron chi connectivity index (χ3n) is 3.26. The van der Waals surface area contributed by atoms with Crippen LogP contribution < -0.4 is 5.73 Å². The number of nitrogens with zero attached hydrogens (tertiary/aromatic N) is 1. The number of nitrogens with two attached hydrogens (primary N) is 1. The van der Waals surface area contributed by atoms with E-state index in [-0.39, 0.29) is 0 Å². The van der Waals surface area contributed by atoms with Crippen molar-refractivity contribution in [3.63, 3.8) is 0 Å². The van der Waals surface area contributed by atoms with E-state index in [2.05, 4.69) is 0 Å². The highest BCUT2D eigenvalue weighted by Crippen LogP contribution is 2.29. The fourth-order valence-corrected chi connectivity index (χ4v) is 1.88. The number of benzene rings is 1. The van der Waals surface area contributed by atoms with E-state index in [4.69, 9.17) is 11.1 Å². The highest BCUT2D eigenvalue weighted by molar-refractivity contribution is 5.80. The molecule has 2 unspecified atom stereocenters. The molecule has 1 rings (SSSR count). The van der Waals surface area contributed by atoms with E-state index in [0.717, 1.165) is 0 Å². The van der Waals surface area contributed by atoms with Gasteiger partial charge in [0.1, 0.15) is 17.6 Å². The van der Waals surface area contributed by atoms with E-state index >= 15 is 0 Å². The first-order chi connectivity index (χ1) is 9.14. The molecule has 0 heterocycles. The third kappa shape index (κ3) is 3.93. The standard InChI is InChI=1S/C13H17F4N3/c1-8(9-5-3-4-6-11(9)14)20(2)7-10(12(18)19)13(15,16)17/h3-6,8,10H,7H2,1-2H3,(H3,18,19). The Morgan fingerprint density at radius 1 is 1.35 bits per heavy atom. The summed E-state index contributed by atoms with van der Waals surface area (Å²) in [6.45, 7) is 1.11. The minimum absolute atomic E-state index is 0.305. The second-order valence-electron chi connectivity index (χ2n) is 4.69. The van der Waals surface area contributed by atoms with Gasteiger partial charge < -0.3 is 5.73 Å². The van der Waals surface area contributed by atoms with Crippen molar-refractivity contribution in [1.29, 1.82) is 5.41 Å². The van der Waals surface area contributed by atoms with Crippen molar-refractivity contribution in [2.75, 3.05) is 13.6 Å². The fourth-order valence-electron chi connectivity index (χ4n) is 1.88. The summed E-state index contributed by atoms with van der Waals surface area (Å²) in [6, 6.07) is 5.35. The molecular weight excluding hydrogens is 274 g/mol. The zero-order chi connectivity index (χ0) is 15.5. The predicted molar refractivity (Wildman–Crippen MR) is 68.9 cm³/mol. The summed E-state index contributed by atoms with van der Waals surface area (Å²) < 4.78 is 51.9. The highest BCUT2D eigenvalue weighted by Gasteiger charge is 2.42. The second kappa shape index (κ2) is 6.21. The first-order valence-corrected chi connectivity index (χ1v) is 6.00. The van der Waals surface area contributed by atoms with Crippen LogP contribution in [0.4, 0.5) is 17.6 Å². The van der Waals surface area contributed by atoms with Crippen molar-refractivity contribution in [2.45, 2.75) is 19.1 Å². The van der Waals surface area contributed by atoms with Gasteiger partial charge >= 0.3 is 6.18 Å². The molecule has 112 valence electrons. The van der Waals surface area contributed by atoms with Gasteiger partial charge in [-0.2, -0.15) is 13.2 Å². The molecular formula is C13H17F4N3. The first-order valence-electron chi connectivity index (χ1n) is 6.00. The summed E-state index contributed by atoms with van der Waals surface area (Å²) in [6.07, 6.45) is -4.59. The van der Waals surface area contributed by atoms with Crippen LogP contribution in [0.2, 0.25) is 0 Å². The molecule has 0 spiro atoms. The van der Waals surface area contributed by atoms with Gasteiger partial charge in [0.05, 0.1) is 0 Å². The van der Waals surface area contributed by atoms with Crippen LogP contribution in [0.5, 0.6) is 0 Å². The second-order valence-corrected chi connectivity index (χ2v) is 4.69. The summed E-state index contributed by atoms with van der Waals surface area (Å²) in [4.78, 5) is 1.33. The van der Waals surface area contributed by atoms with E-state index in [1.807, 2.05) is 0 Å². The first kappa shape index (κ1) is 16.4. The van der Waals surface area contributed by atoms with E-state index < -0.39 is 36.3 Å². The van der Waals surface area contributed by atoms with Crippen molar-refractivity contribution >= 4 is 5.84 Å². The quantitative estimate of drug-likeness (QED) is 0.498. The predicted octanol–water partition coefficient (Wildman–Crippen LogP) is 2.93. The molecule has 3 nitrogen and oxygen atoms in total. The molecule has 3 N–H and O–H groups in total. The van der Waals surface area contributed by atoms with Crippen LogP contribution in [-0.4, -0.2) is 30.5 Å². The number of amidine groups is 1. The maximum absolute atomic E-state index is 13.6. The molecule has 0 radical (unpaired) electrons. The zero-order valence-corrected chi connectivity index (χ0v) is 11.2. The lowest BCUT2D eigenvalue weighted by molar-refractivity contribution is -0.160. The lowest BCUT2D eigenvalue weighted by atomic mass is 10.0. The molecule has 1 aromatic rings. The zero-order valence-electron chi connectivity index (χ0n) is 11.2. The Morgan fingerprint density at radius 3 is 2.35 bits per heavy atom. The summed E-state index contributed by atoms with van der Waals surface area (Å²) in [5.41, 5.74) is 5.31. The normalized spacial score (nSPS) is 15.2. The summed E-state index contributed by atoms with van der Waals surface area (Å²) in [5.74, 6) is -3.47. The molecule has 0 aliphatic carbocycles. The van der Waals surface area contributed by atoms with Gasteiger partial charge in [-0.1, -0.05) is 18.2 Å². The average Bonchev–Trinajstić information content (AvgIpc) is 2.33. The maximum atomic E-state index is 13.6. The largest absolute Gasteiger partial charge is 0.399 e. The van der Waals surface area contributed by atoms with Gasteiger partial charge in [-0.3, -0.25) is 10.3 Å². The smallest absolute Gasteiger partial charge is 0.387 e. The van der Waals surface area contributed by atoms with Crippen molar-refractivity contribution in [1.82, 2.24) is 4.90 Å². The van der Waals surface area contributed by atoms with Gasteiger partial charge in [0, 0.05) is 18.2 Å². The van der Waals surface area contributed by atoms with Crippen molar-refractivity contribution in [3.8, 4) is 0 Å². The molecule has 0 saturated heterocycles. The molecule has 20 heavy (non-hydrogen) atoms. The summed E-state index contributed by atoms with van der Waals surface area (Å²) in [7, 11) is 1.44. The van der Waals surface area contributed by atoms with Crippen LogP contribution in [0.25, 0.3) is 0 Å². The number of hydrogen-bond acceptors (Lipinski definition) is 2. The molecule has 0 fully saturated rings. The molecule has 1 aromatic carbocycles. The van der Waals surface area contributed by atoms with Crippen LogP contribution in [-0.2, 0) is 0 Å². The van der Waals surface area contributed by atoms with Gasteiger partial charge in [0.25, 0.3) is 0 Å². The van der Waals surface area contributed by atoms with Gasteiger partial charge in [-0.25, -0.2) is 4.39 Å².